The number of carbonyl (C=O) groups is 2. The molecule has 0 aliphatic carbocycles. The van der Waals surface area contributed by atoms with E-state index in [4.69, 9.17) is 0 Å². The summed E-state index contributed by atoms with van der Waals surface area (Å²) in [4.78, 5) is 28.0. The van der Waals surface area contributed by atoms with Gasteiger partial charge in [0.1, 0.15) is 6.04 Å². The highest BCUT2D eigenvalue weighted by Gasteiger charge is 2.26. The highest BCUT2D eigenvalue weighted by molar-refractivity contribution is 5.89. The highest BCUT2D eigenvalue weighted by Crippen LogP contribution is 2.17. The van der Waals surface area contributed by atoms with Gasteiger partial charge in [0, 0.05) is 12.6 Å². The number of fused-ring (bicyclic) bond motifs is 1. The summed E-state index contributed by atoms with van der Waals surface area (Å²) in [6, 6.07) is 14.1. The maximum absolute atomic E-state index is 12.8. The van der Waals surface area contributed by atoms with Crippen LogP contribution in [-0.2, 0) is 16.0 Å². The zero-order valence-corrected chi connectivity index (χ0v) is 18.5. The summed E-state index contributed by atoms with van der Waals surface area (Å²) in [6.07, 6.45) is 3.84. The molecule has 2 atom stereocenters. The van der Waals surface area contributed by atoms with Crippen LogP contribution >= 0.6 is 0 Å². The number of nitrogens with one attached hydrogen (secondary N) is 2. The quantitative estimate of drug-likeness (QED) is 0.701. The van der Waals surface area contributed by atoms with Crippen LogP contribution in [0.1, 0.15) is 45.6 Å². The first-order valence-electron chi connectivity index (χ1n) is 11.3. The van der Waals surface area contributed by atoms with Crippen LogP contribution in [-0.4, -0.2) is 48.4 Å². The third kappa shape index (κ3) is 5.82. The molecule has 30 heavy (non-hydrogen) atoms. The molecule has 1 aliphatic rings. The van der Waals surface area contributed by atoms with Gasteiger partial charge in [0.2, 0.25) is 11.8 Å². The molecule has 1 fully saturated rings. The summed E-state index contributed by atoms with van der Waals surface area (Å²) in [5, 5.41) is 8.33. The Bertz CT molecular complexity index is 864. The van der Waals surface area contributed by atoms with Gasteiger partial charge in [-0.15, -0.1) is 0 Å². The van der Waals surface area contributed by atoms with Gasteiger partial charge in [-0.1, -0.05) is 69.7 Å². The van der Waals surface area contributed by atoms with Gasteiger partial charge in [-0.05, 0) is 48.2 Å². The summed E-state index contributed by atoms with van der Waals surface area (Å²) in [5.74, 6) is -0.176. The summed E-state index contributed by atoms with van der Waals surface area (Å²) < 4.78 is 0. The molecule has 1 saturated heterocycles. The van der Waals surface area contributed by atoms with Crippen LogP contribution in [0.15, 0.2) is 42.5 Å². The maximum Gasteiger partial charge on any atom is 0.242 e. The standard InChI is InChI=1S/C25H35N3O2/c1-4-28-14-8-7-11-22(28)17-26-25(30)24(18(2)3)27-23(29)16-19-12-13-20-9-5-6-10-21(20)15-19/h5-6,9-10,12-13,15,18,22,24H,4,7-8,11,14,16-17H2,1-3H3,(H,26,30)(H,27,29). The molecule has 162 valence electrons. The van der Waals surface area contributed by atoms with E-state index in [0.717, 1.165) is 35.8 Å². The third-order valence-electron chi connectivity index (χ3n) is 6.11. The van der Waals surface area contributed by atoms with E-state index in [1.165, 1.54) is 12.8 Å². The van der Waals surface area contributed by atoms with Gasteiger partial charge in [0.15, 0.2) is 0 Å². The number of likely N-dealkylation sites (tertiary alicyclic amines) is 1. The molecule has 0 spiro atoms. The van der Waals surface area contributed by atoms with Crippen molar-refractivity contribution in [2.75, 3.05) is 19.6 Å². The molecule has 1 aliphatic heterocycles. The van der Waals surface area contributed by atoms with Crippen LogP contribution in [0.2, 0.25) is 0 Å². The second kappa shape index (κ2) is 10.6. The largest absolute Gasteiger partial charge is 0.353 e. The Morgan fingerprint density at radius 3 is 2.60 bits per heavy atom. The first kappa shape index (κ1) is 22.3. The number of hydrogen-bond acceptors (Lipinski definition) is 3. The summed E-state index contributed by atoms with van der Waals surface area (Å²) in [6.45, 7) is 8.88. The molecule has 5 heteroatoms. The number of hydrogen-bond donors (Lipinski definition) is 2. The van der Waals surface area contributed by atoms with Crippen LogP contribution in [0.5, 0.6) is 0 Å². The van der Waals surface area contributed by atoms with Crippen molar-refractivity contribution in [1.29, 1.82) is 0 Å². The SMILES string of the molecule is CCN1CCCCC1CNC(=O)C(NC(=O)Cc1ccc2ccccc2c1)C(C)C. The summed E-state index contributed by atoms with van der Waals surface area (Å²) in [5.41, 5.74) is 0.954. The number of rotatable bonds is 8. The van der Waals surface area contributed by atoms with Crippen molar-refractivity contribution in [2.45, 2.75) is 58.5 Å². The van der Waals surface area contributed by atoms with Crippen molar-refractivity contribution in [1.82, 2.24) is 15.5 Å². The fourth-order valence-corrected chi connectivity index (χ4v) is 4.33. The smallest absolute Gasteiger partial charge is 0.242 e. The second-order valence-electron chi connectivity index (χ2n) is 8.67. The predicted molar refractivity (Wildman–Crippen MR) is 122 cm³/mol. The fraction of sp³-hybridized carbons (Fsp3) is 0.520. The topological polar surface area (TPSA) is 61.4 Å². The molecule has 2 aromatic rings. The molecular weight excluding hydrogens is 374 g/mol. The van der Waals surface area contributed by atoms with E-state index in [0.29, 0.717) is 12.6 Å². The Labute approximate surface area is 180 Å². The van der Waals surface area contributed by atoms with E-state index in [-0.39, 0.29) is 24.2 Å². The first-order valence-corrected chi connectivity index (χ1v) is 11.3. The third-order valence-corrected chi connectivity index (χ3v) is 6.11. The molecule has 2 aromatic carbocycles. The minimum Gasteiger partial charge on any atom is -0.353 e. The van der Waals surface area contributed by atoms with Crippen LogP contribution in [0, 0.1) is 5.92 Å². The molecule has 0 radical (unpaired) electrons. The second-order valence-corrected chi connectivity index (χ2v) is 8.67. The molecule has 1 heterocycles. The Morgan fingerprint density at radius 2 is 1.87 bits per heavy atom. The van der Waals surface area contributed by atoms with Gasteiger partial charge in [-0.25, -0.2) is 0 Å². The number of piperidine rings is 1. The number of likely N-dealkylation sites (N-methyl/N-ethyl adjacent to an activating group) is 1. The minimum absolute atomic E-state index is 0.0270. The summed E-state index contributed by atoms with van der Waals surface area (Å²) >= 11 is 0. The lowest BCUT2D eigenvalue weighted by Crippen LogP contribution is -2.53. The van der Waals surface area contributed by atoms with Crippen molar-refractivity contribution in [3.05, 3.63) is 48.0 Å². The molecule has 3 rings (SSSR count). The summed E-state index contributed by atoms with van der Waals surface area (Å²) in [7, 11) is 0. The zero-order valence-electron chi connectivity index (χ0n) is 18.5. The molecule has 2 amide bonds. The number of nitrogens with zero attached hydrogens (tertiary/aromatic N) is 1. The van der Waals surface area contributed by atoms with Gasteiger partial charge < -0.3 is 10.6 Å². The van der Waals surface area contributed by atoms with Crippen LogP contribution in [0.3, 0.4) is 0 Å². The van der Waals surface area contributed by atoms with Gasteiger partial charge in [0.05, 0.1) is 6.42 Å². The molecule has 5 nitrogen and oxygen atoms in total. The Morgan fingerprint density at radius 1 is 1.10 bits per heavy atom. The lowest BCUT2D eigenvalue weighted by Gasteiger charge is -2.35. The van der Waals surface area contributed by atoms with Gasteiger partial charge in [-0.2, -0.15) is 0 Å². The lowest BCUT2D eigenvalue weighted by atomic mass is 10.00. The molecule has 2 N–H and O–H groups in total. The van der Waals surface area contributed by atoms with E-state index in [1.54, 1.807) is 0 Å². The highest BCUT2D eigenvalue weighted by atomic mass is 16.2. The normalized spacial score (nSPS) is 18.3. The van der Waals surface area contributed by atoms with Crippen molar-refractivity contribution >= 4 is 22.6 Å². The van der Waals surface area contributed by atoms with E-state index in [1.807, 2.05) is 50.2 Å². The van der Waals surface area contributed by atoms with Crippen molar-refractivity contribution in [3.8, 4) is 0 Å². The monoisotopic (exact) mass is 409 g/mol. The number of carbonyl (C=O) groups excluding carboxylic acids is 2. The van der Waals surface area contributed by atoms with E-state index in [2.05, 4.69) is 28.5 Å². The molecular formula is C25H35N3O2. The molecule has 2 unspecified atom stereocenters. The van der Waals surface area contributed by atoms with Gasteiger partial charge in [0.25, 0.3) is 0 Å². The van der Waals surface area contributed by atoms with Gasteiger partial charge in [-0.3, -0.25) is 14.5 Å². The average molecular weight is 410 g/mol. The van der Waals surface area contributed by atoms with Gasteiger partial charge >= 0.3 is 0 Å². The molecule has 0 bridgehead atoms. The van der Waals surface area contributed by atoms with E-state index in [9.17, 15) is 9.59 Å². The first-order chi connectivity index (χ1) is 14.5. The predicted octanol–water partition coefficient (Wildman–Crippen LogP) is 3.51. The number of amides is 2. The van der Waals surface area contributed by atoms with Crippen molar-refractivity contribution < 1.29 is 9.59 Å². The molecule has 0 aromatic heterocycles. The Balaban J connectivity index is 1.56. The molecule has 0 saturated carbocycles. The van der Waals surface area contributed by atoms with Crippen molar-refractivity contribution in [3.63, 3.8) is 0 Å². The fourth-order valence-electron chi connectivity index (χ4n) is 4.33. The lowest BCUT2D eigenvalue weighted by molar-refractivity contribution is -0.130. The van der Waals surface area contributed by atoms with Crippen LogP contribution in [0.4, 0.5) is 0 Å². The zero-order chi connectivity index (χ0) is 21.5. The van der Waals surface area contributed by atoms with Crippen LogP contribution < -0.4 is 10.6 Å². The maximum atomic E-state index is 12.8. The van der Waals surface area contributed by atoms with E-state index >= 15 is 0 Å². The minimum atomic E-state index is -0.517. The van der Waals surface area contributed by atoms with Crippen molar-refractivity contribution in [2.24, 2.45) is 5.92 Å². The Hall–Kier alpha value is -2.40. The Kier molecular flexibility index (Phi) is 7.86. The number of benzene rings is 2. The van der Waals surface area contributed by atoms with Crippen LogP contribution in [0.25, 0.3) is 10.8 Å². The van der Waals surface area contributed by atoms with E-state index < -0.39 is 6.04 Å². The average Bonchev–Trinajstić information content (AvgIpc) is 2.75.